The van der Waals surface area contributed by atoms with Gasteiger partial charge >= 0.3 is 8.03 Å². The van der Waals surface area contributed by atoms with Gasteiger partial charge in [0.05, 0.1) is 0 Å². The van der Waals surface area contributed by atoms with Gasteiger partial charge in [0, 0.05) is 18.9 Å². The number of nitrogens with two attached hydrogens (primary N) is 1. The molecule has 0 spiro atoms. The van der Waals surface area contributed by atoms with Gasteiger partial charge in [-0.3, -0.25) is 0 Å². The van der Waals surface area contributed by atoms with E-state index in [-0.39, 0.29) is 6.04 Å². The first kappa shape index (κ1) is 16.4. The van der Waals surface area contributed by atoms with Crippen molar-refractivity contribution in [2.24, 2.45) is 5.73 Å². The predicted octanol–water partition coefficient (Wildman–Crippen LogP) is 3.39. The van der Waals surface area contributed by atoms with Gasteiger partial charge in [-0.25, -0.2) is 0 Å². The molecule has 1 aromatic carbocycles. The maximum absolute atomic E-state index is 11.7. The monoisotopic (exact) mass is 310 g/mol. The van der Waals surface area contributed by atoms with Gasteiger partial charge in [0.25, 0.3) is 0 Å². The SMILES string of the molecule is CC(N)Cc1ccc(OCC2([P+](=O)O)CCCCC2)cc1. The van der Waals surface area contributed by atoms with Crippen LogP contribution in [0.15, 0.2) is 24.3 Å². The normalized spacial score (nSPS) is 19.9. The van der Waals surface area contributed by atoms with E-state index in [9.17, 15) is 9.46 Å². The van der Waals surface area contributed by atoms with E-state index in [1.54, 1.807) is 0 Å². The first-order valence-corrected chi connectivity index (χ1v) is 8.87. The van der Waals surface area contributed by atoms with E-state index in [0.717, 1.165) is 44.3 Å². The fourth-order valence-corrected chi connectivity index (χ4v) is 3.79. The van der Waals surface area contributed by atoms with Crippen LogP contribution in [0.4, 0.5) is 0 Å². The molecular weight excluding hydrogens is 285 g/mol. The fraction of sp³-hybridized carbons (Fsp3) is 0.625. The number of benzene rings is 1. The smallest absolute Gasteiger partial charge is 0.488 e. The van der Waals surface area contributed by atoms with E-state index >= 15 is 0 Å². The van der Waals surface area contributed by atoms with Crippen LogP contribution in [0.1, 0.15) is 44.6 Å². The Morgan fingerprint density at radius 2 is 1.90 bits per heavy atom. The van der Waals surface area contributed by atoms with Gasteiger partial charge < -0.3 is 10.5 Å². The maximum Gasteiger partial charge on any atom is 0.515 e. The summed E-state index contributed by atoms with van der Waals surface area (Å²) < 4.78 is 17.5. The summed E-state index contributed by atoms with van der Waals surface area (Å²) in [7, 11) is -2.21. The molecule has 1 aliphatic rings. The van der Waals surface area contributed by atoms with Crippen molar-refractivity contribution in [2.45, 2.75) is 56.6 Å². The number of rotatable bonds is 6. The Morgan fingerprint density at radius 3 is 2.43 bits per heavy atom. The Bertz CT molecular complexity index is 467. The van der Waals surface area contributed by atoms with Crippen LogP contribution in [0.5, 0.6) is 5.75 Å². The molecule has 0 saturated heterocycles. The summed E-state index contributed by atoms with van der Waals surface area (Å²) >= 11 is 0. The van der Waals surface area contributed by atoms with Gasteiger partial charge in [-0.15, -0.1) is 0 Å². The predicted molar refractivity (Wildman–Crippen MR) is 84.9 cm³/mol. The van der Waals surface area contributed by atoms with Crippen molar-refractivity contribution in [3.8, 4) is 5.75 Å². The van der Waals surface area contributed by atoms with E-state index in [1.807, 2.05) is 31.2 Å². The maximum atomic E-state index is 11.7. The van der Waals surface area contributed by atoms with Gasteiger partial charge in [-0.05, 0) is 48.4 Å². The summed E-state index contributed by atoms with van der Waals surface area (Å²) in [6.07, 6.45) is 5.57. The van der Waals surface area contributed by atoms with Crippen molar-refractivity contribution < 1.29 is 14.2 Å². The van der Waals surface area contributed by atoms with Gasteiger partial charge in [-0.1, -0.05) is 18.6 Å². The van der Waals surface area contributed by atoms with Crippen LogP contribution in [0, 0.1) is 0 Å². The highest BCUT2D eigenvalue weighted by Gasteiger charge is 2.50. The fourth-order valence-electron chi connectivity index (χ4n) is 2.91. The third-order valence-corrected chi connectivity index (χ3v) is 5.57. The first-order valence-electron chi connectivity index (χ1n) is 7.65. The molecule has 0 aromatic heterocycles. The molecule has 21 heavy (non-hydrogen) atoms. The molecular formula is C16H25NO3P+. The Labute approximate surface area is 127 Å². The van der Waals surface area contributed by atoms with Gasteiger partial charge in [0.1, 0.15) is 12.4 Å². The second-order valence-electron chi connectivity index (χ2n) is 6.17. The van der Waals surface area contributed by atoms with Crippen LogP contribution in [0.3, 0.4) is 0 Å². The molecule has 0 aliphatic heterocycles. The highest BCUT2D eigenvalue weighted by molar-refractivity contribution is 7.40. The number of hydrogen-bond donors (Lipinski definition) is 2. The Kier molecular flexibility index (Phi) is 5.74. The quantitative estimate of drug-likeness (QED) is 0.790. The van der Waals surface area contributed by atoms with E-state index in [4.69, 9.17) is 10.5 Å². The molecule has 1 aliphatic carbocycles. The van der Waals surface area contributed by atoms with Crippen molar-refractivity contribution in [1.29, 1.82) is 0 Å². The van der Waals surface area contributed by atoms with E-state index in [2.05, 4.69) is 0 Å². The molecule has 2 rings (SSSR count). The third-order valence-electron chi connectivity index (χ3n) is 4.18. The lowest BCUT2D eigenvalue weighted by molar-refractivity contribution is 0.217. The molecule has 1 aromatic rings. The molecule has 4 nitrogen and oxygen atoms in total. The van der Waals surface area contributed by atoms with E-state index in [0.29, 0.717) is 6.61 Å². The van der Waals surface area contributed by atoms with Crippen LogP contribution in [-0.2, 0) is 11.0 Å². The topological polar surface area (TPSA) is 72.5 Å². The molecule has 3 N–H and O–H groups in total. The van der Waals surface area contributed by atoms with Crippen molar-refractivity contribution in [1.82, 2.24) is 0 Å². The average molecular weight is 310 g/mol. The summed E-state index contributed by atoms with van der Waals surface area (Å²) in [6, 6.07) is 7.98. The summed E-state index contributed by atoms with van der Waals surface area (Å²) in [5.74, 6) is 0.755. The zero-order chi connectivity index (χ0) is 15.3. The molecule has 1 saturated carbocycles. The van der Waals surface area contributed by atoms with Crippen molar-refractivity contribution >= 4 is 8.03 Å². The van der Waals surface area contributed by atoms with Crippen LogP contribution in [0.2, 0.25) is 0 Å². The third kappa shape index (κ3) is 4.50. The molecule has 0 bridgehead atoms. The van der Waals surface area contributed by atoms with Crippen LogP contribution >= 0.6 is 8.03 Å². The molecule has 1 fully saturated rings. The summed E-state index contributed by atoms with van der Waals surface area (Å²) in [5, 5.41) is -0.558. The Balaban J connectivity index is 1.96. The lowest BCUT2D eigenvalue weighted by Gasteiger charge is -2.25. The molecule has 0 heterocycles. The van der Waals surface area contributed by atoms with Gasteiger partial charge in [-0.2, -0.15) is 4.89 Å². The standard InChI is InChI=1S/C16H24NO3P/c1-13(17)11-14-5-7-15(8-6-14)20-12-16(21(18)19)9-3-2-4-10-16/h5-8,13H,2-4,9-12,17H2,1H3/p+1. The van der Waals surface area contributed by atoms with E-state index < -0.39 is 13.2 Å². The largest absolute Gasteiger partial charge is 0.515 e. The molecule has 2 atom stereocenters. The van der Waals surface area contributed by atoms with Crippen LogP contribution in [0.25, 0.3) is 0 Å². The lowest BCUT2D eigenvalue weighted by Crippen LogP contribution is -2.34. The summed E-state index contributed by atoms with van der Waals surface area (Å²) in [5.41, 5.74) is 6.96. The highest BCUT2D eigenvalue weighted by atomic mass is 31.1. The number of ether oxygens (including phenoxy) is 1. The van der Waals surface area contributed by atoms with Gasteiger partial charge in [0.15, 0.2) is 0 Å². The second-order valence-corrected chi connectivity index (χ2v) is 7.67. The Morgan fingerprint density at radius 1 is 1.29 bits per heavy atom. The summed E-state index contributed by atoms with van der Waals surface area (Å²) in [4.78, 5) is 9.66. The minimum Gasteiger partial charge on any atom is -0.488 e. The first-order chi connectivity index (χ1) is 10.0. The van der Waals surface area contributed by atoms with E-state index in [1.165, 1.54) is 5.56 Å². The average Bonchev–Trinajstić information content (AvgIpc) is 2.47. The minimum absolute atomic E-state index is 0.140. The van der Waals surface area contributed by atoms with Crippen LogP contribution in [-0.4, -0.2) is 22.7 Å². The van der Waals surface area contributed by atoms with Crippen molar-refractivity contribution in [3.63, 3.8) is 0 Å². The zero-order valence-corrected chi connectivity index (χ0v) is 13.5. The second kappa shape index (κ2) is 7.35. The number of hydrogen-bond acceptors (Lipinski definition) is 3. The molecule has 2 unspecified atom stereocenters. The highest BCUT2D eigenvalue weighted by Crippen LogP contribution is 2.46. The van der Waals surface area contributed by atoms with Gasteiger partial charge in [0.2, 0.25) is 5.16 Å². The summed E-state index contributed by atoms with van der Waals surface area (Å²) in [6.45, 7) is 2.31. The van der Waals surface area contributed by atoms with Crippen LogP contribution < -0.4 is 10.5 Å². The van der Waals surface area contributed by atoms with Crippen molar-refractivity contribution in [3.05, 3.63) is 29.8 Å². The molecule has 5 heteroatoms. The minimum atomic E-state index is -2.21. The zero-order valence-electron chi connectivity index (χ0n) is 12.6. The molecule has 0 radical (unpaired) electrons. The molecule has 116 valence electrons. The lowest BCUT2D eigenvalue weighted by atomic mass is 9.89. The van der Waals surface area contributed by atoms with Crippen molar-refractivity contribution in [2.75, 3.05) is 6.61 Å². The molecule has 0 amide bonds. The Hall–Kier alpha value is -0.960.